The summed E-state index contributed by atoms with van der Waals surface area (Å²) in [6.07, 6.45) is 0.852. The van der Waals surface area contributed by atoms with E-state index in [0.717, 1.165) is 30.8 Å². The van der Waals surface area contributed by atoms with Crippen molar-refractivity contribution in [3.05, 3.63) is 69.8 Å². The highest BCUT2D eigenvalue weighted by Gasteiger charge is 2.05. The molecule has 2 rings (SSSR count). The van der Waals surface area contributed by atoms with Crippen LogP contribution in [-0.4, -0.2) is 31.1 Å². The second kappa shape index (κ2) is 12.1. The van der Waals surface area contributed by atoms with Crippen LogP contribution in [0.3, 0.4) is 0 Å². The molecule has 0 fully saturated rings. The van der Waals surface area contributed by atoms with Gasteiger partial charge >= 0.3 is 0 Å². The van der Waals surface area contributed by atoms with Crippen molar-refractivity contribution >= 4 is 35.6 Å². The van der Waals surface area contributed by atoms with Crippen molar-refractivity contribution in [3.8, 4) is 5.75 Å². The zero-order valence-corrected chi connectivity index (χ0v) is 17.8. The van der Waals surface area contributed by atoms with Crippen LogP contribution >= 0.6 is 24.0 Å². The van der Waals surface area contributed by atoms with Gasteiger partial charge in [0.1, 0.15) is 5.75 Å². The Morgan fingerprint density at radius 3 is 2.52 bits per heavy atom. The lowest BCUT2D eigenvalue weighted by Gasteiger charge is -2.11. The number of nitrogens with zero attached hydrogens (tertiary/aromatic N) is 2. The summed E-state index contributed by atoms with van der Waals surface area (Å²) in [5.74, 6) is 1.53. The van der Waals surface area contributed by atoms with Gasteiger partial charge in [-0.05, 0) is 36.6 Å². The summed E-state index contributed by atoms with van der Waals surface area (Å²) in [6.45, 7) is 3.84. The molecule has 0 aliphatic carbocycles. The van der Waals surface area contributed by atoms with E-state index in [2.05, 4.69) is 15.6 Å². The topological polar surface area (TPSA) is 88.8 Å². The molecular formula is C19H25IN4O3. The van der Waals surface area contributed by atoms with Crippen molar-refractivity contribution in [3.63, 3.8) is 0 Å². The molecule has 0 aromatic heterocycles. The minimum atomic E-state index is -0.397. The van der Waals surface area contributed by atoms with Crippen LogP contribution in [0.25, 0.3) is 0 Å². The number of methoxy groups -OCH3 is 1. The molecule has 0 bridgehead atoms. The minimum absolute atomic E-state index is 0. The van der Waals surface area contributed by atoms with Crippen molar-refractivity contribution in [2.75, 3.05) is 20.2 Å². The number of aliphatic imine (C=N–C) groups is 1. The molecule has 0 saturated carbocycles. The number of guanidine groups is 1. The number of ether oxygens (including phenoxy) is 1. The van der Waals surface area contributed by atoms with Gasteiger partial charge in [0.25, 0.3) is 5.69 Å². The third-order valence-corrected chi connectivity index (χ3v) is 3.75. The van der Waals surface area contributed by atoms with Gasteiger partial charge in [0.2, 0.25) is 0 Å². The highest BCUT2D eigenvalue weighted by atomic mass is 127. The summed E-state index contributed by atoms with van der Waals surface area (Å²) < 4.78 is 5.15. The largest absolute Gasteiger partial charge is 0.497 e. The average molecular weight is 484 g/mol. The molecular weight excluding hydrogens is 459 g/mol. The SMILES string of the molecule is CCNC(=NCc1cccc([N+](=O)[O-])c1)NCCc1ccc(OC)cc1.I. The van der Waals surface area contributed by atoms with Crippen LogP contribution in [0, 0.1) is 10.1 Å². The molecule has 0 amide bonds. The van der Waals surface area contributed by atoms with Crippen molar-refractivity contribution in [1.29, 1.82) is 0 Å². The summed E-state index contributed by atoms with van der Waals surface area (Å²) in [6, 6.07) is 14.5. The van der Waals surface area contributed by atoms with Crippen LogP contribution < -0.4 is 15.4 Å². The third-order valence-electron chi connectivity index (χ3n) is 3.75. The van der Waals surface area contributed by atoms with E-state index in [4.69, 9.17) is 4.74 Å². The Morgan fingerprint density at radius 1 is 1.15 bits per heavy atom. The minimum Gasteiger partial charge on any atom is -0.497 e. The van der Waals surface area contributed by atoms with Gasteiger partial charge in [0, 0.05) is 25.2 Å². The Morgan fingerprint density at radius 2 is 1.89 bits per heavy atom. The van der Waals surface area contributed by atoms with Crippen LogP contribution in [0.5, 0.6) is 5.75 Å². The van der Waals surface area contributed by atoms with Crippen LogP contribution in [0.1, 0.15) is 18.1 Å². The molecule has 2 aromatic rings. The normalized spacial score (nSPS) is 10.7. The fraction of sp³-hybridized carbons (Fsp3) is 0.316. The molecule has 0 atom stereocenters. The van der Waals surface area contributed by atoms with Crippen LogP contribution in [0.15, 0.2) is 53.5 Å². The molecule has 0 unspecified atom stereocenters. The highest BCUT2D eigenvalue weighted by molar-refractivity contribution is 14.0. The van der Waals surface area contributed by atoms with E-state index in [0.29, 0.717) is 12.5 Å². The van der Waals surface area contributed by atoms with Gasteiger partial charge in [-0.25, -0.2) is 4.99 Å². The van der Waals surface area contributed by atoms with Gasteiger partial charge in [-0.3, -0.25) is 10.1 Å². The van der Waals surface area contributed by atoms with Gasteiger partial charge in [-0.1, -0.05) is 24.3 Å². The Labute approximate surface area is 176 Å². The van der Waals surface area contributed by atoms with Gasteiger partial charge in [-0.15, -0.1) is 24.0 Å². The standard InChI is InChI=1S/C19H24N4O3.HI/c1-3-20-19(21-12-11-15-7-9-18(26-2)10-8-15)22-14-16-5-4-6-17(13-16)23(24)25;/h4-10,13H,3,11-12,14H2,1-2H3,(H2,20,21,22);1H. The van der Waals surface area contributed by atoms with Gasteiger partial charge in [0.05, 0.1) is 18.6 Å². The number of halogens is 1. The van der Waals surface area contributed by atoms with E-state index >= 15 is 0 Å². The van der Waals surface area contributed by atoms with E-state index in [1.807, 2.05) is 37.3 Å². The van der Waals surface area contributed by atoms with Gasteiger partial charge in [-0.2, -0.15) is 0 Å². The zero-order valence-electron chi connectivity index (χ0n) is 15.5. The Kier molecular flexibility index (Phi) is 10.2. The number of nitro groups is 1. The molecule has 8 heteroatoms. The molecule has 146 valence electrons. The van der Waals surface area contributed by atoms with Crippen molar-refractivity contribution < 1.29 is 9.66 Å². The predicted octanol–water partition coefficient (Wildman–Crippen LogP) is 3.52. The molecule has 0 heterocycles. The number of nitrogens with one attached hydrogen (secondary N) is 2. The number of hydrogen-bond acceptors (Lipinski definition) is 4. The second-order valence-corrected chi connectivity index (χ2v) is 5.65. The quantitative estimate of drug-likeness (QED) is 0.197. The number of benzene rings is 2. The molecule has 2 N–H and O–H groups in total. The van der Waals surface area contributed by atoms with Crippen LogP contribution in [0.4, 0.5) is 5.69 Å². The number of nitro benzene ring substituents is 1. The van der Waals surface area contributed by atoms with Crippen molar-refractivity contribution in [2.45, 2.75) is 19.9 Å². The number of non-ortho nitro benzene ring substituents is 1. The molecule has 0 radical (unpaired) electrons. The van der Waals surface area contributed by atoms with E-state index < -0.39 is 4.92 Å². The first-order chi connectivity index (χ1) is 12.6. The summed E-state index contributed by atoms with van der Waals surface area (Å²) in [5, 5.41) is 17.3. The monoisotopic (exact) mass is 484 g/mol. The summed E-state index contributed by atoms with van der Waals surface area (Å²) in [5.41, 5.74) is 2.08. The molecule has 27 heavy (non-hydrogen) atoms. The van der Waals surface area contributed by atoms with E-state index in [1.54, 1.807) is 19.2 Å². The van der Waals surface area contributed by atoms with Gasteiger partial charge < -0.3 is 15.4 Å². The first-order valence-electron chi connectivity index (χ1n) is 8.51. The van der Waals surface area contributed by atoms with Crippen LogP contribution in [0.2, 0.25) is 0 Å². The van der Waals surface area contributed by atoms with Crippen molar-refractivity contribution in [1.82, 2.24) is 10.6 Å². The fourth-order valence-electron chi connectivity index (χ4n) is 2.40. The maximum absolute atomic E-state index is 10.8. The second-order valence-electron chi connectivity index (χ2n) is 5.65. The van der Waals surface area contributed by atoms with Gasteiger partial charge in [0.15, 0.2) is 5.96 Å². The zero-order chi connectivity index (χ0) is 18.8. The molecule has 0 saturated heterocycles. The molecule has 0 aliphatic heterocycles. The first-order valence-corrected chi connectivity index (χ1v) is 8.51. The average Bonchev–Trinajstić information content (AvgIpc) is 2.67. The highest BCUT2D eigenvalue weighted by Crippen LogP contribution is 2.14. The lowest BCUT2D eigenvalue weighted by molar-refractivity contribution is -0.384. The summed E-state index contributed by atoms with van der Waals surface area (Å²) >= 11 is 0. The summed E-state index contributed by atoms with van der Waals surface area (Å²) in [4.78, 5) is 14.9. The number of hydrogen-bond donors (Lipinski definition) is 2. The lowest BCUT2D eigenvalue weighted by Crippen LogP contribution is -2.38. The summed E-state index contributed by atoms with van der Waals surface area (Å²) in [7, 11) is 1.65. The smallest absolute Gasteiger partial charge is 0.269 e. The molecule has 2 aromatic carbocycles. The molecule has 0 aliphatic rings. The Balaban J connectivity index is 0.00000364. The lowest BCUT2D eigenvalue weighted by atomic mass is 10.1. The molecule has 7 nitrogen and oxygen atoms in total. The van der Waals surface area contributed by atoms with Crippen molar-refractivity contribution in [2.24, 2.45) is 4.99 Å². The molecule has 0 spiro atoms. The Hall–Kier alpha value is -2.36. The van der Waals surface area contributed by atoms with E-state index in [-0.39, 0.29) is 29.7 Å². The predicted molar refractivity (Wildman–Crippen MR) is 118 cm³/mol. The fourth-order valence-corrected chi connectivity index (χ4v) is 2.40. The van der Waals surface area contributed by atoms with E-state index in [1.165, 1.54) is 11.6 Å². The van der Waals surface area contributed by atoms with Crippen LogP contribution in [-0.2, 0) is 13.0 Å². The first kappa shape index (κ1) is 22.7. The maximum Gasteiger partial charge on any atom is 0.269 e. The Bertz CT molecular complexity index is 751. The van der Waals surface area contributed by atoms with E-state index in [9.17, 15) is 10.1 Å². The number of rotatable bonds is 8. The third kappa shape index (κ3) is 7.81. The maximum atomic E-state index is 10.8.